The molecule has 0 spiro atoms. The van der Waals surface area contributed by atoms with Gasteiger partial charge in [-0.25, -0.2) is 0 Å². The van der Waals surface area contributed by atoms with Gasteiger partial charge in [0, 0.05) is 25.2 Å². The average molecular weight is 303 g/mol. The van der Waals surface area contributed by atoms with Gasteiger partial charge in [0.05, 0.1) is 0 Å². The molecule has 0 bridgehead atoms. The maximum absolute atomic E-state index is 5.94. The fraction of sp³-hybridized carbons (Fsp3) is 0.667. The number of hydrogen-bond donors (Lipinski definition) is 2. The maximum Gasteiger partial charge on any atom is 0.122 e. The van der Waals surface area contributed by atoms with Crippen LogP contribution in [-0.2, 0) is 0 Å². The van der Waals surface area contributed by atoms with E-state index in [1.165, 1.54) is 30.4 Å². The molecule has 1 aliphatic heterocycles. The van der Waals surface area contributed by atoms with Crippen molar-refractivity contribution in [2.45, 2.75) is 45.2 Å². The summed E-state index contributed by atoms with van der Waals surface area (Å²) in [5.74, 6) is 1.94. The zero-order chi connectivity index (χ0) is 15.5. The number of ether oxygens (including phenoxy) is 1. The van der Waals surface area contributed by atoms with Crippen LogP contribution in [0.15, 0.2) is 18.2 Å². The Balaban J connectivity index is 1.37. The number of benzene rings is 1. The second kappa shape index (κ2) is 6.99. The van der Waals surface area contributed by atoms with Crippen LogP contribution in [0.2, 0.25) is 0 Å². The quantitative estimate of drug-likeness (QED) is 0.810. The monoisotopic (exact) mass is 303 g/mol. The summed E-state index contributed by atoms with van der Waals surface area (Å²) in [6, 6.07) is 7.52. The second-order valence-corrected chi connectivity index (χ2v) is 6.97. The predicted molar refractivity (Wildman–Crippen MR) is 90.1 cm³/mol. The zero-order valence-corrected chi connectivity index (χ0v) is 14.1. The smallest absolute Gasteiger partial charge is 0.122 e. The van der Waals surface area contributed by atoms with Gasteiger partial charge in [0.1, 0.15) is 12.4 Å². The summed E-state index contributed by atoms with van der Waals surface area (Å²) in [5.41, 5.74) is 9.45. The molecule has 2 unspecified atom stereocenters. The Morgan fingerprint density at radius 2 is 2.05 bits per heavy atom. The molecular weight excluding hydrogens is 274 g/mol. The lowest BCUT2D eigenvalue weighted by Crippen LogP contribution is -2.40. The van der Waals surface area contributed by atoms with Gasteiger partial charge in [0.25, 0.3) is 0 Å². The maximum atomic E-state index is 5.94. The van der Waals surface area contributed by atoms with E-state index in [1.54, 1.807) is 0 Å². The minimum atomic E-state index is 0.566. The van der Waals surface area contributed by atoms with Gasteiger partial charge in [-0.05, 0) is 63.3 Å². The van der Waals surface area contributed by atoms with Crippen LogP contribution >= 0.6 is 0 Å². The first-order valence-corrected chi connectivity index (χ1v) is 8.52. The Hall–Kier alpha value is -1.10. The summed E-state index contributed by atoms with van der Waals surface area (Å²) < 4.78 is 5.94. The number of nitrogens with one attached hydrogen (secondary N) is 2. The van der Waals surface area contributed by atoms with E-state index in [9.17, 15) is 0 Å². The van der Waals surface area contributed by atoms with Crippen LogP contribution in [0, 0.1) is 19.8 Å². The number of rotatable bonds is 7. The molecular formula is C18H29N3O. The normalized spacial score (nSPS) is 24.9. The Morgan fingerprint density at radius 3 is 2.82 bits per heavy atom. The largest absolute Gasteiger partial charge is 0.492 e. The highest BCUT2D eigenvalue weighted by molar-refractivity contribution is 5.38. The Labute approximate surface area is 134 Å². The number of hydrazine groups is 1. The molecule has 2 fully saturated rings. The van der Waals surface area contributed by atoms with Crippen molar-refractivity contribution in [3.8, 4) is 5.75 Å². The highest BCUT2D eigenvalue weighted by Gasteiger charge is 2.36. The molecule has 22 heavy (non-hydrogen) atoms. The van der Waals surface area contributed by atoms with Crippen molar-refractivity contribution < 1.29 is 4.74 Å². The molecule has 1 saturated heterocycles. The van der Waals surface area contributed by atoms with E-state index in [1.807, 2.05) is 0 Å². The molecule has 0 aromatic heterocycles. The first kappa shape index (κ1) is 15.8. The third-order valence-corrected chi connectivity index (χ3v) is 5.02. The predicted octanol–water partition coefficient (Wildman–Crippen LogP) is 2.26. The topological polar surface area (TPSA) is 36.5 Å². The lowest BCUT2D eigenvalue weighted by Gasteiger charge is -2.21. The van der Waals surface area contributed by atoms with Crippen molar-refractivity contribution >= 4 is 0 Å². The molecule has 0 radical (unpaired) electrons. The molecule has 0 amide bonds. The first-order chi connectivity index (χ1) is 10.6. The number of likely N-dealkylation sites (N-methyl/N-ethyl adjacent to an activating group) is 1. The molecule has 1 heterocycles. The van der Waals surface area contributed by atoms with Crippen LogP contribution in [0.4, 0.5) is 0 Å². The summed E-state index contributed by atoms with van der Waals surface area (Å²) in [6.07, 6.45) is 4.07. The number of aryl methyl sites for hydroxylation is 1. The van der Waals surface area contributed by atoms with Gasteiger partial charge in [-0.2, -0.15) is 0 Å². The fourth-order valence-electron chi connectivity index (χ4n) is 3.24. The minimum Gasteiger partial charge on any atom is -0.492 e. The molecule has 1 aliphatic carbocycles. The van der Waals surface area contributed by atoms with Crippen LogP contribution in [0.25, 0.3) is 0 Å². The summed E-state index contributed by atoms with van der Waals surface area (Å²) in [4.78, 5) is 2.36. The summed E-state index contributed by atoms with van der Waals surface area (Å²) in [6.45, 7) is 7.03. The third-order valence-electron chi connectivity index (χ3n) is 5.02. The molecule has 1 aromatic carbocycles. The van der Waals surface area contributed by atoms with Gasteiger partial charge < -0.3 is 9.64 Å². The van der Waals surface area contributed by atoms with E-state index in [0.29, 0.717) is 12.1 Å². The Bertz CT molecular complexity index is 501. The fourth-order valence-corrected chi connectivity index (χ4v) is 3.24. The molecule has 2 atom stereocenters. The summed E-state index contributed by atoms with van der Waals surface area (Å²) >= 11 is 0. The van der Waals surface area contributed by atoms with Crippen molar-refractivity contribution in [1.82, 2.24) is 15.8 Å². The second-order valence-electron chi connectivity index (χ2n) is 6.97. The van der Waals surface area contributed by atoms with Gasteiger partial charge in [-0.3, -0.25) is 10.9 Å². The molecule has 2 N–H and O–H groups in total. The van der Waals surface area contributed by atoms with E-state index in [-0.39, 0.29) is 0 Å². The van der Waals surface area contributed by atoms with Gasteiger partial charge in [0.2, 0.25) is 0 Å². The molecule has 122 valence electrons. The Morgan fingerprint density at radius 1 is 1.23 bits per heavy atom. The lowest BCUT2D eigenvalue weighted by molar-refractivity contribution is 0.223. The van der Waals surface area contributed by atoms with Crippen LogP contribution in [0.5, 0.6) is 5.75 Å². The van der Waals surface area contributed by atoms with Crippen LogP contribution < -0.4 is 15.6 Å². The van der Waals surface area contributed by atoms with Crippen LogP contribution in [-0.4, -0.2) is 43.7 Å². The van der Waals surface area contributed by atoms with Crippen LogP contribution in [0.3, 0.4) is 0 Å². The molecule has 1 saturated carbocycles. The van der Waals surface area contributed by atoms with Gasteiger partial charge in [-0.15, -0.1) is 0 Å². The van der Waals surface area contributed by atoms with Crippen molar-refractivity contribution in [1.29, 1.82) is 0 Å². The van der Waals surface area contributed by atoms with E-state index >= 15 is 0 Å². The van der Waals surface area contributed by atoms with Gasteiger partial charge in [-0.1, -0.05) is 12.1 Å². The van der Waals surface area contributed by atoms with E-state index in [2.05, 4.69) is 54.8 Å². The summed E-state index contributed by atoms with van der Waals surface area (Å²) in [7, 11) is 2.18. The van der Waals surface area contributed by atoms with Crippen molar-refractivity contribution in [3.63, 3.8) is 0 Å². The lowest BCUT2D eigenvalue weighted by atomic mass is 10.1. The van der Waals surface area contributed by atoms with Crippen molar-refractivity contribution in [2.24, 2.45) is 5.92 Å². The minimum absolute atomic E-state index is 0.566. The van der Waals surface area contributed by atoms with E-state index in [0.717, 1.165) is 31.4 Å². The van der Waals surface area contributed by atoms with E-state index < -0.39 is 0 Å². The van der Waals surface area contributed by atoms with Gasteiger partial charge >= 0.3 is 0 Å². The molecule has 3 rings (SSSR count). The molecule has 4 heteroatoms. The number of hydrogen-bond acceptors (Lipinski definition) is 4. The highest BCUT2D eigenvalue weighted by Crippen LogP contribution is 2.35. The zero-order valence-electron chi connectivity index (χ0n) is 14.1. The van der Waals surface area contributed by atoms with Crippen molar-refractivity contribution in [3.05, 3.63) is 29.3 Å². The summed E-state index contributed by atoms with van der Waals surface area (Å²) in [5, 5.41) is 0. The average Bonchev–Trinajstić information content (AvgIpc) is 3.24. The first-order valence-electron chi connectivity index (χ1n) is 8.52. The van der Waals surface area contributed by atoms with E-state index in [4.69, 9.17) is 4.74 Å². The Kier molecular flexibility index (Phi) is 5.01. The van der Waals surface area contributed by atoms with Crippen LogP contribution in [0.1, 0.15) is 30.4 Å². The standard InChI is InChI=1S/C18H29N3O/c1-13-5-4-6-18(14(13)2)22-10-9-21(3)12-16-11-17(20-19-16)15-7-8-15/h4-6,15-17,19-20H,7-12H2,1-3H3. The highest BCUT2D eigenvalue weighted by atomic mass is 16.5. The number of nitrogens with zero attached hydrogens (tertiary/aromatic N) is 1. The van der Waals surface area contributed by atoms with Gasteiger partial charge in [0.15, 0.2) is 0 Å². The molecule has 4 nitrogen and oxygen atoms in total. The molecule has 2 aliphatic rings. The third kappa shape index (κ3) is 4.00. The SMILES string of the molecule is Cc1cccc(OCCN(C)CC2CC(C3CC3)NN2)c1C. The molecule has 1 aromatic rings. The van der Waals surface area contributed by atoms with Crippen molar-refractivity contribution in [2.75, 3.05) is 26.7 Å².